The first kappa shape index (κ1) is 21.5. The Hall–Kier alpha value is -3.21. The number of carbonyl (C=O) groups excluding carboxylic acids is 2. The van der Waals surface area contributed by atoms with Gasteiger partial charge in [0.1, 0.15) is 5.82 Å². The molecule has 0 spiro atoms. The van der Waals surface area contributed by atoms with E-state index in [-0.39, 0.29) is 27.8 Å². The number of hydrogen-bond acceptors (Lipinski definition) is 5. The Morgan fingerprint density at radius 2 is 1.70 bits per heavy atom. The summed E-state index contributed by atoms with van der Waals surface area (Å²) in [7, 11) is -3.90. The minimum absolute atomic E-state index is 0.0420. The van der Waals surface area contributed by atoms with Gasteiger partial charge in [-0.25, -0.2) is 17.5 Å². The molecular weight excluding hydrogens is 437 g/mol. The van der Waals surface area contributed by atoms with Crippen LogP contribution in [0.2, 0.25) is 5.02 Å². The van der Waals surface area contributed by atoms with Crippen molar-refractivity contribution in [3.05, 3.63) is 88.6 Å². The van der Waals surface area contributed by atoms with E-state index < -0.39 is 27.7 Å². The van der Waals surface area contributed by atoms with Crippen molar-refractivity contribution >= 4 is 33.4 Å². The molecule has 0 aliphatic heterocycles. The Labute approximate surface area is 176 Å². The average molecular weight is 452 g/mol. The first-order chi connectivity index (χ1) is 14.3. The van der Waals surface area contributed by atoms with Crippen LogP contribution in [0, 0.1) is 5.82 Å². The smallest absolute Gasteiger partial charge is 0.305 e. The van der Waals surface area contributed by atoms with Gasteiger partial charge in [-0.1, -0.05) is 23.7 Å². The Balaban J connectivity index is 1.56. The predicted octanol–water partition coefficient (Wildman–Crippen LogP) is 2.63. The summed E-state index contributed by atoms with van der Waals surface area (Å²) in [6, 6.07) is 12.1. The number of sulfonamides is 1. The maximum atomic E-state index is 13.2. The molecule has 3 N–H and O–H groups in total. The van der Waals surface area contributed by atoms with Crippen LogP contribution in [0.4, 0.5) is 4.39 Å². The zero-order valence-electron chi connectivity index (χ0n) is 15.2. The summed E-state index contributed by atoms with van der Waals surface area (Å²) in [4.78, 5) is 23.6. The van der Waals surface area contributed by atoms with E-state index >= 15 is 0 Å². The first-order valence-electron chi connectivity index (χ1n) is 8.44. The van der Waals surface area contributed by atoms with Gasteiger partial charge in [0.15, 0.2) is 5.76 Å². The van der Waals surface area contributed by atoms with Gasteiger partial charge in [0, 0.05) is 12.1 Å². The summed E-state index contributed by atoms with van der Waals surface area (Å²) < 4.78 is 45.0. The lowest BCUT2D eigenvalue weighted by Gasteiger charge is -2.09. The molecule has 2 amide bonds. The minimum Gasteiger partial charge on any atom is -0.459 e. The molecule has 8 nitrogen and oxygen atoms in total. The lowest BCUT2D eigenvalue weighted by Crippen LogP contribution is -2.41. The summed E-state index contributed by atoms with van der Waals surface area (Å²) in [5, 5.41) is -0.299. The Morgan fingerprint density at radius 1 is 1.00 bits per heavy atom. The van der Waals surface area contributed by atoms with Crippen LogP contribution in [0.3, 0.4) is 0 Å². The van der Waals surface area contributed by atoms with Crippen LogP contribution in [-0.2, 0) is 16.6 Å². The molecule has 0 aliphatic rings. The monoisotopic (exact) mass is 451 g/mol. The highest BCUT2D eigenvalue weighted by atomic mass is 35.5. The molecule has 0 aliphatic carbocycles. The molecule has 0 fully saturated rings. The van der Waals surface area contributed by atoms with E-state index in [9.17, 15) is 22.4 Å². The van der Waals surface area contributed by atoms with Gasteiger partial charge in [0.2, 0.25) is 10.0 Å². The number of nitrogens with one attached hydrogen (secondary N) is 3. The predicted molar refractivity (Wildman–Crippen MR) is 106 cm³/mol. The number of carbonyl (C=O) groups is 2. The van der Waals surface area contributed by atoms with Crippen molar-refractivity contribution in [3.8, 4) is 0 Å². The largest absolute Gasteiger partial charge is 0.459 e. The lowest BCUT2D eigenvalue weighted by molar-refractivity contribution is 0.0831. The second-order valence-corrected chi connectivity index (χ2v) is 8.16. The van der Waals surface area contributed by atoms with E-state index in [1.165, 1.54) is 30.5 Å². The topological polar surface area (TPSA) is 118 Å². The van der Waals surface area contributed by atoms with E-state index in [1.807, 2.05) is 0 Å². The highest BCUT2D eigenvalue weighted by Crippen LogP contribution is 2.19. The zero-order chi connectivity index (χ0) is 21.7. The van der Waals surface area contributed by atoms with Crippen molar-refractivity contribution in [3.63, 3.8) is 0 Å². The van der Waals surface area contributed by atoms with E-state index in [0.717, 1.165) is 18.2 Å². The summed E-state index contributed by atoms with van der Waals surface area (Å²) in [6.45, 7) is -0.0611. The van der Waals surface area contributed by atoms with E-state index in [0.29, 0.717) is 5.56 Å². The van der Waals surface area contributed by atoms with Crippen LogP contribution in [0.15, 0.2) is 70.2 Å². The van der Waals surface area contributed by atoms with Crippen molar-refractivity contribution in [2.75, 3.05) is 0 Å². The van der Waals surface area contributed by atoms with Gasteiger partial charge in [-0.05, 0) is 48.0 Å². The normalized spacial score (nSPS) is 11.1. The van der Waals surface area contributed by atoms with Gasteiger partial charge < -0.3 is 4.42 Å². The van der Waals surface area contributed by atoms with Crippen LogP contribution >= 0.6 is 11.6 Å². The molecule has 0 saturated heterocycles. The summed E-state index contributed by atoms with van der Waals surface area (Å²) in [6.07, 6.45) is 1.33. The molecule has 11 heteroatoms. The lowest BCUT2D eigenvalue weighted by atomic mass is 10.1. The number of benzene rings is 2. The molecule has 156 valence electrons. The maximum Gasteiger partial charge on any atom is 0.305 e. The third-order valence-electron chi connectivity index (χ3n) is 3.92. The molecule has 0 saturated carbocycles. The SMILES string of the molecule is O=C(NNC(=O)c1ccco1)c1ccc(CNS(=O)(=O)c2ccc(F)c(Cl)c2)cc1. The molecule has 0 radical (unpaired) electrons. The Kier molecular flexibility index (Phi) is 6.50. The van der Waals surface area contributed by atoms with Crippen molar-refractivity contribution in [2.45, 2.75) is 11.4 Å². The van der Waals surface area contributed by atoms with Gasteiger partial charge in [0.05, 0.1) is 16.2 Å². The van der Waals surface area contributed by atoms with Crippen molar-refractivity contribution in [1.82, 2.24) is 15.6 Å². The molecule has 3 aromatic rings. The van der Waals surface area contributed by atoms with Gasteiger partial charge in [-0.2, -0.15) is 0 Å². The minimum atomic E-state index is -3.90. The van der Waals surface area contributed by atoms with E-state index in [4.69, 9.17) is 16.0 Å². The van der Waals surface area contributed by atoms with Crippen molar-refractivity contribution in [2.24, 2.45) is 0 Å². The molecule has 30 heavy (non-hydrogen) atoms. The summed E-state index contributed by atoms with van der Waals surface area (Å²) in [5.74, 6) is -1.85. The fourth-order valence-electron chi connectivity index (χ4n) is 2.33. The summed E-state index contributed by atoms with van der Waals surface area (Å²) in [5.41, 5.74) is 5.26. The van der Waals surface area contributed by atoms with E-state index in [1.54, 1.807) is 12.1 Å². The average Bonchev–Trinajstić information content (AvgIpc) is 3.27. The fourth-order valence-corrected chi connectivity index (χ4v) is 3.62. The van der Waals surface area contributed by atoms with Gasteiger partial charge in [0.25, 0.3) is 5.91 Å². The number of hydrogen-bond donors (Lipinski definition) is 3. The van der Waals surface area contributed by atoms with Crippen LogP contribution in [-0.4, -0.2) is 20.2 Å². The Bertz CT molecular complexity index is 1170. The highest BCUT2D eigenvalue weighted by molar-refractivity contribution is 7.89. The van der Waals surface area contributed by atoms with Crippen molar-refractivity contribution < 1.29 is 26.8 Å². The molecule has 1 aromatic heterocycles. The van der Waals surface area contributed by atoms with Gasteiger partial charge >= 0.3 is 5.91 Å². The standard InChI is InChI=1S/C19H15ClFN3O5S/c20-15-10-14(7-8-16(15)21)30(27,28)22-11-12-3-5-13(6-4-12)18(25)23-24-19(26)17-2-1-9-29-17/h1-10,22H,11H2,(H,23,25)(H,24,26). The number of hydrazine groups is 1. The fraction of sp³-hybridized carbons (Fsp3) is 0.0526. The number of rotatable bonds is 6. The van der Waals surface area contributed by atoms with Crippen molar-refractivity contribution in [1.29, 1.82) is 0 Å². The van der Waals surface area contributed by atoms with Gasteiger partial charge in [-0.15, -0.1) is 0 Å². The highest BCUT2D eigenvalue weighted by Gasteiger charge is 2.16. The number of amides is 2. The molecule has 0 bridgehead atoms. The molecule has 1 heterocycles. The van der Waals surface area contributed by atoms with Crippen LogP contribution < -0.4 is 15.6 Å². The second-order valence-electron chi connectivity index (χ2n) is 5.98. The number of halogens is 2. The molecule has 0 atom stereocenters. The van der Waals surface area contributed by atoms with Crippen LogP contribution in [0.25, 0.3) is 0 Å². The molecule has 2 aromatic carbocycles. The zero-order valence-corrected chi connectivity index (χ0v) is 16.8. The first-order valence-corrected chi connectivity index (χ1v) is 10.3. The Morgan fingerprint density at radius 3 is 2.33 bits per heavy atom. The maximum absolute atomic E-state index is 13.2. The van der Waals surface area contributed by atoms with E-state index in [2.05, 4.69) is 15.6 Å². The van der Waals surface area contributed by atoms with Crippen LogP contribution in [0.5, 0.6) is 0 Å². The molecular formula is C19H15ClFN3O5S. The molecule has 0 unspecified atom stereocenters. The van der Waals surface area contributed by atoms with Crippen LogP contribution in [0.1, 0.15) is 26.5 Å². The third-order valence-corrected chi connectivity index (χ3v) is 5.61. The molecule has 3 rings (SSSR count). The third kappa shape index (κ3) is 5.23. The quantitative estimate of drug-likeness (QED) is 0.498. The second kappa shape index (κ2) is 9.08. The summed E-state index contributed by atoms with van der Waals surface area (Å²) >= 11 is 5.62. The van der Waals surface area contributed by atoms with Gasteiger partial charge in [-0.3, -0.25) is 20.4 Å². The number of furan rings is 1.